The second-order valence-corrected chi connectivity index (χ2v) is 10.8. The van der Waals surface area contributed by atoms with Gasteiger partial charge < -0.3 is 14.4 Å². The molecule has 2 aliphatic rings. The molecular formula is C26H22ClNO6S. The lowest BCUT2D eigenvalue weighted by Gasteiger charge is -2.23. The summed E-state index contributed by atoms with van der Waals surface area (Å²) in [4.78, 5) is 27.7. The molecule has 3 aromatic carbocycles. The zero-order valence-electron chi connectivity index (χ0n) is 18.6. The Kier molecular flexibility index (Phi) is 6.35. The third-order valence-electron chi connectivity index (χ3n) is 6.08. The topological polar surface area (TPSA) is 90.0 Å². The predicted octanol–water partition coefficient (Wildman–Crippen LogP) is 4.67. The highest BCUT2D eigenvalue weighted by molar-refractivity contribution is 7.91. The SMILES string of the molecule is O=C(OC[C@@H]1CCCO1)c1ccc2c(c1)N(Cc1cccc(Cl)c1)C(=O)c1ccccc1S2(=O)=O. The second-order valence-electron chi connectivity index (χ2n) is 8.44. The Labute approximate surface area is 208 Å². The van der Waals surface area contributed by atoms with Crippen molar-refractivity contribution in [3.05, 3.63) is 88.4 Å². The van der Waals surface area contributed by atoms with Gasteiger partial charge >= 0.3 is 5.97 Å². The zero-order valence-corrected chi connectivity index (χ0v) is 20.2. The predicted molar refractivity (Wildman–Crippen MR) is 130 cm³/mol. The summed E-state index contributed by atoms with van der Waals surface area (Å²) in [5, 5.41) is 0.490. The van der Waals surface area contributed by atoms with Gasteiger partial charge in [0.1, 0.15) is 6.61 Å². The van der Waals surface area contributed by atoms with Crippen LogP contribution < -0.4 is 4.90 Å². The number of fused-ring (bicyclic) bond motifs is 2. The van der Waals surface area contributed by atoms with Crippen LogP contribution in [0.4, 0.5) is 5.69 Å². The molecule has 2 heterocycles. The van der Waals surface area contributed by atoms with E-state index in [0.717, 1.165) is 12.8 Å². The minimum Gasteiger partial charge on any atom is -0.459 e. The van der Waals surface area contributed by atoms with Crippen LogP contribution >= 0.6 is 11.6 Å². The summed E-state index contributed by atoms with van der Waals surface area (Å²) in [5.41, 5.74) is 1.03. The largest absolute Gasteiger partial charge is 0.459 e. The number of esters is 1. The third kappa shape index (κ3) is 4.57. The van der Waals surface area contributed by atoms with E-state index >= 15 is 0 Å². The molecule has 7 nitrogen and oxygen atoms in total. The van der Waals surface area contributed by atoms with Crippen molar-refractivity contribution in [3.8, 4) is 0 Å². The number of rotatable bonds is 5. The maximum absolute atomic E-state index is 13.7. The van der Waals surface area contributed by atoms with Crippen LogP contribution in [0.3, 0.4) is 0 Å². The van der Waals surface area contributed by atoms with Crippen LogP contribution in [0.15, 0.2) is 76.5 Å². The average molecular weight is 512 g/mol. The van der Waals surface area contributed by atoms with Crippen LogP contribution in [-0.2, 0) is 25.9 Å². The summed E-state index contributed by atoms with van der Waals surface area (Å²) in [7, 11) is -4.03. The first-order valence-electron chi connectivity index (χ1n) is 11.2. The summed E-state index contributed by atoms with van der Waals surface area (Å²) in [6.45, 7) is 0.815. The van der Waals surface area contributed by atoms with Crippen LogP contribution in [0.25, 0.3) is 0 Å². The number of hydrogen-bond donors (Lipinski definition) is 0. The molecule has 0 saturated carbocycles. The van der Waals surface area contributed by atoms with Crippen molar-refractivity contribution in [3.63, 3.8) is 0 Å². The highest BCUT2D eigenvalue weighted by Crippen LogP contribution is 2.38. The minimum absolute atomic E-state index is 0.0602. The van der Waals surface area contributed by atoms with Crippen LogP contribution in [0.1, 0.15) is 39.1 Å². The Morgan fingerprint density at radius 1 is 1.06 bits per heavy atom. The van der Waals surface area contributed by atoms with Crippen molar-refractivity contribution in [2.75, 3.05) is 18.1 Å². The summed E-state index contributed by atoms with van der Waals surface area (Å²) in [5.74, 6) is -1.11. The first-order valence-corrected chi connectivity index (χ1v) is 13.0. The second kappa shape index (κ2) is 9.45. The molecule has 0 aromatic heterocycles. The Morgan fingerprint density at radius 3 is 2.66 bits per heavy atom. The lowest BCUT2D eigenvalue weighted by atomic mass is 10.1. The quantitative estimate of drug-likeness (QED) is 0.462. The molecule has 0 bridgehead atoms. The number of amides is 1. The highest BCUT2D eigenvalue weighted by atomic mass is 35.5. The first kappa shape index (κ1) is 23.5. The Bertz CT molecular complexity index is 1410. The molecule has 35 heavy (non-hydrogen) atoms. The van der Waals surface area contributed by atoms with Gasteiger partial charge in [-0.25, -0.2) is 13.2 Å². The number of nitrogens with zero attached hydrogens (tertiary/aromatic N) is 1. The molecule has 5 rings (SSSR count). The van der Waals surface area contributed by atoms with Gasteiger partial charge in [0, 0.05) is 11.6 Å². The van der Waals surface area contributed by atoms with Crippen molar-refractivity contribution in [2.24, 2.45) is 0 Å². The number of carbonyl (C=O) groups excluding carboxylic acids is 2. The Morgan fingerprint density at radius 2 is 1.89 bits per heavy atom. The van der Waals surface area contributed by atoms with E-state index in [0.29, 0.717) is 17.2 Å². The molecule has 1 fully saturated rings. The van der Waals surface area contributed by atoms with Gasteiger partial charge in [0.2, 0.25) is 9.84 Å². The minimum atomic E-state index is -4.03. The molecule has 180 valence electrons. The van der Waals surface area contributed by atoms with E-state index in [2.05, 4.69) is 0 Å². The number of sulfone groups is 1. The van der Waals surface area contributed by atoms with Crippen molar-refractivity contribution < 1.29 is 27.5 Å². The van der Waals surface area contributed by atoms with E-state index in [-0.39, 0.29) is 45.9 Å². The zero-order chi connectivity index (χ0) is 24.6. The molecule has 0 aliphatic carbocycles. The Balaban J connectivity index is 1.59. The van der Waals surface area contributed by atoms with Crippen molar-refractivity contribution in [1.29, 1.82) is 0 Å². The van der Waals surface area contributed by atoms with Gasteiger partial charge in [-0.2, -0.15) is 0 Å². The van der Waals surface area contributed by atoms with E-state index in [1.54, 1.807) is 36.4 Å². The third-order valence-corrected chi connectivity index (χ3v) is 8.18. The number of hydrogen-bond acceptors (Lipinski definition) is 6. The molecule has 1 amide bonds. The maximum atomic E-state index is 13.7. The number of ether oxygens (including phenoxy) is 2. The fourth-order valence-electron chi connectivity index (χ4n) is 4.34. The summed E-state index contributed by atoms with van der Waals surface area (Å²) < 4.78 is 38.0. The molecule has 9 heteroatoms. The number of anilines is 1. The molecule has 0 unspecified atom stereocenters. The standard InChI is InChI=1S/C26H22ClNO6S/c27-19-6-3-5-17(13-19)15-28-22-14-18(26(30)34-16-20-7-4-12-33-20)10-11-24(22)35(31,32)23-9-2-1-8-21(23)25(28)29/h1-3,5-6,8-11,13-14,20H,4,7,12,15-16H2/t20-/m0/s1. The van der Waals surface area contributed by atoms with Gasteiger partial charge in [-0.1, -0.05) is 35.9 Å². The Hall–Kier alpha value is -3.20. The normalized spacial score (nSPS) is 18.5. The van der Waals surface area contributed by atoms with Crippen LogP contribution in [-0.4, -0.2) is 39.6 Å². The number of carbonyl (C=O) groups is 2. The van der Waals surface area contributed by atoms with Gasteiger partial charge in [-0.3, -0.25) is 4.79 Å². The molecule has 0 spiro atoms. The van der Waals surface area contributed by atoms with Gasteiger partial charge in [-0.15, -0.1) is 0 Å². The van der Waals surface area contributed by atoms with Gasteiger partial charge in [0.25, 0.3) is 5.91 Å². The fourth-order valence-corrected chi connectivity index (χ4v) is 6.18. The molecule has 1 atom stereocenters. The molecular weight excluding hydrogens is 490 g/mol. The molecule has 0 radical (unpaired) electrons. The molecule has 0 N–H and O–H groups in total. The monoisotopic (exact) mass is 511 g/mol. The number of benzene rings is 3. The average Bonchev–Trinajstić information content (AvgIpc) is 3.37. The molecule has 3 aromatic rings. The highest BCUT2D eigenvalue weighted by Gasteiger charge is 2.36. The van der Waals surface area contributed by atoms with Gasteiger partial charge in [0.05, 0.1) is 39.3 Å². The van der Waals surface area contributed by atoms with Crippen molar-refractivity contribution in [1.82, 2.24) is 0 Å². The van der Waals surface area contributed by atoms with Crippen molar-refractivity contribution >= 4 is 39.0 Å². The van der Waals surface area contributed by atoms with Crippen LogP contribution in [0.5, 0.6) is 0 Å². The lowest BCUT2D eigenvalue weighted by Crippen LogP contribution is -2.30. The molecule has 2 aliphatic heterocycles. The molecule has 1 saturated heterocycles. The summed E-state index contributed by atoms with van der Waals surface area (Å²) >= 11 is 6.14. The van der Waals surface area contributed by atoms with Gasteiger partial charge in [-0.05, 0) is 60.9 Å². The van der Waals surface area contributed by atoms with E-state index in [9.17, 15) is 18.0 Å². The maximum Gasteiger partial charge on any atom is 0.338 e. The van der Waals surface area contributed by atoms with Gasteiger partial charge in [0.15, 0.2) is 0 Å². The van der Waals surface area contributed by atoms with Crippen LogP contribution in [0.2, 0.25) is 5.02 Å². The van der Waals surface area contributed by atoms with Crippen molar-refractivity contribution in [2.45, 2.75) is 35.3 Å². The van der Waals surface area contributed by atoms with E-state index in [1.165, 1.54) is 35.2 Å². The lowest BCUT2D eigenvalue weighted by molar-refractivity contribution is 0.0161. The summed E-state index contributed by atoms with van der Waals surface area (Å²) in [6.07, 6.45) is 1.59. The van der Waals surface area contributed by atoms with E-state index < -0.39 is 21.7 Å². The smallest absolute Gasteiger partial charge is 0.338 e. The fraction of sp³-hybridized carbons (Fsp3) is 0.231. The number of halogens is 1. The van der Waals surface area contributed by atoms with Crippen LogP contribution in [0, 0.1) is 0 Å². The first-order chi connectivity index (χ1) is 16.8. The summed E-state index contributed by atoms with van der Waals surface area (Å²) in [6, 6.07) is 17.2. The van der Waals surface area contributed by atoms with E-state index in [4.69, 9.17) is 21.1 Å². The van der Waals surface area contributed by atoms with E-state index in [1.807, 2.05) is 0 Å².